The summed E-state index contributed by atoms with van der Waals surface area (Å²) in [6.07, 6.45) is 3.55. The normalized spacial score (nSPS) is 13.2. The van der Waals surface area contributed by atoms with Gasteiger partial charge >= 0.3 is 0 Å². The largest absolute Gasteiger partial charge is 0.364 e. The standard InChI is InChI=1S/C10H11N5OS/c1-17-10-6-5(12-15-10)3-2-4-7(6)13-14-8(4)9(11)16/h2-3H2,1H3,(H2,11,16)(H,12,15)(H,13,14). The van der Waals surface area contributed by atoms with Crippen LogP contribution in [-0.2, 0) is 12.8 Å². The van der Waals surface area contributed by atoms with Gasteiger partial charge in [-0.1, -0.05) is 0 Å². The summed E-state index contributed by atoms with van der Waals surface area (Å²) < 4.78 is 0. The number of nitrogens with zero attached hydrogens (tertiary/aromatic N) is 2. The van der Waals surface area contributed by atoms with E-state index in [9.17, 15) is 4.79 Å². The molecule has 4 N–H and O–H groups in total. The Kier molecular flexibility index (Phi) is 2.22. The van der Waals surface area contributed by atoms with Crippen molar-refractivity contribution in [1.29, 1.82) is 0 Å². The van der Waals surface area contributed by atoms with Gasteiger partial charge < -0.3 is 5.73 Å². The first-order valence-electron chi connectivity index (χ1n) is 5.21. The minimum Gasteiger partial charge on any atom is -0.364 e. The molecule has 0 spiro atoms. The molecule has 0 fully saturated rings. The van der Waals surface area contributed by atoms with Gasteiger partial charge in [-0.15, -0.1) is 11.8 Å². The number of primary amides is 1. The lowest BCUT2D eigenvalue weighted by Crippen LogP contribution is -2.15. The topological polar surface area (TPSA) is 100 Å². The number of aryl methyl sites for hydroxylation is 1. The maximum Gasteiger partial charge on any atom is 0.267 e. The Balaban J connectivity index is 2.23. The van der Waals surface area contributed by atoms with Crippen LogP contribution in [0, 0.1) is 0 Å². The first-order valence-corrected chi connectivity index (χ1v) is 6.43. The third kappa shape index (κ3) is 1.39. The number of carbonyl (C=O) groups is 1. The van der Waals surface area contributed by atoms with Crippen molar-refractivity contribution in [2.75, 3.05) is 6.26 Å². The van der Waals surface area contributed by atoms with E-state index in [0.29, 0.717) is 5.69 Å². The summed E-state index contributed by atoms with van der Waals surface area (Å²) >= 11 is 1.56. The van der Waals surface area contributed by atoms with Crippen molar-refractivity contribution in [2.24, 2.45) is 5.73 Å². The number of amides is 1. The molecule has 17 heavy (non-hydrogen) atoms. The van der Waals surface area contributed by atoms with Crippen molar-refractivity contribution in [3.05, 3.63) is 17.0 Å². The molecule has 7 heteroatoms. The van der Waals surface area contributed by atoms with Crippen LogP contribution in [-0.4, -0.2) is 32.6 Å². The zero-order chi connectivity index (χ0) is 12.0. The molecule has 0 unspecified atom stereocenters. The number of H-pyrrole nitrogens is 2. The van der Waals surface area contributed by atoms with E-state index in [4.69, 9.17) is 5.73 Å². The summed E-state index contributed by atoms with van der Waals surface area (Å²) in [4.78, 5) is 11.3. The molecule has 2 aromatic heterocycles. The minimum atomic E-state index is -0.462. The van der Waals surface area contributed by atoms with Crippen molar-refractivity contribution in [2.45, 2.75) is 17.9 Å². The minimum absolute atomic E-state index is 0.416. The Morgan fingerprint density at radius 2 is 2.18 bits per heavy atom. The molecule has 0 aromatic carbocycles. The van der Waals surface area contributed by atoms with E-state index in [1.54, 1.807) is 11.8 Å². The number of aromatic nitrogens is 4. The van der Waals surface area contributed by atoms with Crippen LogP contribution in [0.2, 0.25) is 0 Å². The van der Waals surface area contributed by atoms with E-state index < -0.39 is 5.91 Å². The van der Waals surface area contributed by atoms with Crippen LogP contribution in [0.1, 0.15) is 21.7 Å². The van der Waals surface area contributed by atoms with E-state index in [-0.39, 0.29) is 0 Å². The second kappa shape index (κ2) is 3.63. The molecule has 6 nitrogen and oxygen atoms in total. The number of hydrogen-bond donors (Lipinski definition) is 3. The summed E-state index contributed by atoms with van der Waals surface area (Å²) in [6, 6.07) is 0. The fourth-order valence-corrected chi connectivity index (χ4v) is 2.76. The van der Waals surface area contributed by atoms with Gasteiger partial charge in [0.05, 0.1) is 5.56 Å². The molecule has 3 rings (SSSR count). The van der Waals surface area contributed by atoms with E-state index in [2.05, 4.69) is 20.4 Å². The Bertz CT molecular complexity index is 586. The summed E-state index contributed by atoms with van der Waals surface area (Å²) in [5.74, 6) is -0.462. The highest BCUT2D eigenvalue weighted by Gasteiger charge is 2.28. The SMILES string of the molecule is CSc1n[nH]c2c1-c1n[nH]c(C(N)=O)c1CC2. The average Bonchev–Trinajstić information content (AvgIpc) is 2.91. The first-order chi connectivity index (χ1) is 8.22. The smallest absolute Gasteiger partial charge is 0.267 e. The highest BCUT2D eigenvalue weighted by atomic mass is 32.2. The number of aromatic amines is 2. The molecule has 0 bridgehead atoms. The lowest BCUT2D eigenvalue weighted by molar-refractivity contribution is 0.0994. The van der Waals surface area contributed by atoms with Crippen LogP contribution in [0.15, 0.2) is 5.03 Å². The third-order valence-electron chi connectivity index (χ3n) is 2.98. The molecular weight excluding hydrogens is 238 g/mol. The van der Waals surface area contributed by atoms with Crippen LogP contribution in [0.3, 0.4) is 0 Å². The van der Waals surface area contributed by atoms with E-state index in [0.717, 1.165) is 40.4 Å². The maximum absolute atomic E-state index is 11.3. The molecule has 0 saturated heterocycles. The van der Waals surface area contributed by atoms with E-state index in [1.807, 2.05) is 6.26 Å². The predicted octanol–water partition coefficient (Wildman–Crippen LogP) is 0.719. The second-order valence-electron chi connectivity index (χ2n) is 3.88. The second-order valence-corrected chi connectivity index (χ2v) is 4.67. The number of carbonyl (C=O) groups excluding carboxylic acids is 1. The number of rotatable bonds is 2. The maximum atomic E-state index is 11.3. The zero-order valence-electron chi connectivity index (χ0n) is 9.20. The Morgan fingerprint density at radius 1 is 1.35 bits per heavy atom. The number of nitrogens with one attached hydrogen (secondary N) is 2. The molecule has 88 valence electrons. The number of thioether (sulfide) groups is 1. The van der Waals surface area contributed by atoms with Gasteiger partial charge in [-0.05, 0) is 19.1 Å². The van der Waals surface area contributed by atoms with Gasteiger partial charge in [0.1, 0.15) is 16.4 Å². The molecule has 0 aliphatic heterocycles. The fraction of sp³-hybridized carbons (Fsp3) is 0.300. The van der Waals surface area contributed by atoms with Crippen molar-refractivity contribution in [3.8, 4) is 11.3 Å². The monoisotopic (exact) mass is 249 g/mol. The van der Waals surface area contributed by atoms with Gasteiger partial charge in [0.15, 0.2) is 0 Å². The Labute approximate surface area is 101 Å². The lowest BCUT2D eigenvalue weighted by Gasteiger charge is -2.11. The molecule has 1 amide bonds. The first kappa shape index (κ1) is 10.4. The van der Waals surface area contributed by atoms with Crippen LogP contribution >= 0.6 is 11.8 Å². The lowest BCUT2D eigenvalue weighted by atomic mass is 9.94. The van der Waals surface area contributed by atoms with Gasteiger partial charge in [0.2, 0.25) is 0 Å². The predicted molar refractivity (Wildman–Crippen MR) is 63.9 cm³/mol. The highest BCUT2D eigenvalue weighted by molar-refractivity contribution is 7.98. The number of nitrogens with two attached hydrogens (primary N) is 1. The number of fused-ring (bicyclic) bond motifs is 3. The number of hydrogen-bond acceptors (Lipinski definition) is 4. The Hall–Kier alpha value is -1.76. The molecule has 1 aliphatic rings. The molecule has 0 saturated carbocycles. The molecule has 2 heterocycles. The van der Waals surface area contributed by atoms with Crippen LogP contribution in [0.25, 0.3) is 11.3 Å². The molecule has 2 aromatic rings. The van der Waals surface area contributed by atoms with Gasteiger partial charge in [-0.2, -0.15) is 10.2 Å². The summed E-state index contributed by atoms with van der Waals surface area (Å²) in [6.45, 7) is 0. The average molecular weight is 249 g/mol. The molecule has 1 aliphatic carbocycles. The Morgan fingerprint density at radius 3 is 2.88 bits per heavy atom. The van der Waals surface area contributed by atoms with Gasteiger partial charge in [-0.3, -0.25) is 15.0 Å². The highest BCUT2D eigenvalue weighted by Crippen LogP contribution is 2.37. The quantitative estimate of drug-likeness (QED) is 0.682. The molecular formula is C10H11N5OS. The van der Waals surface area contributed by atoms with Gasteiger partial charge in [0.25, 0.3) is 5.91 Å². The van der Waals surface area contributed by atoms with Crippen molar-refractivity contribution < 1.29 is 4.79 Å². The fourth-order valence-electron chi connectivity index (χ4n) is 2.20. The van der Waals surface area contributed by atoms with Crippen molar-refractivity contribution in [1.82, 2.24) is 20.4 Å². The van der Waals surface area contributed by atoms with Gasteiger partial charge in [0, 0.05) is 11.3 Å². The summed E-state index contributed by atoms with van der Waals surface area (Å²) in [7, 11) is 0. The third-order valence-corrected chi connectivity index (χ3v) is 3.66. The van der Waals surface area contributed by atoms with Crippen LogP contribution < -0.4 is 5.73 Å². The molecule has 0 radical (unpaired) electrons. The van der Waals surface area contributed by atoms with Crippen molar-refractivity contribution >= 4 is 17.7 Å². The van der Waals surface area contributed by atoms with Gasteiger partial charge in [-0.25, -0.2) is 0 Å². The van der Waals surface area contributed by atoms with E-state index in [1.165, 1.54) is 0 Å². The zero-order valence-corrected chi connectivity index (χ0v) is 10.0. The summed E-state index contributed by atoms with van der Waals surface area (Å²) in [5, 5.41) is 15.1. The molecule has 0 atom stereocenters. The summed E-state index contributed by atoms with van der Waals surface area (Å²) in [5.41, 5.74) is 9.51. The van der Waals surface area contributed by atoms with Crippen LogP contribution in [0.4, 0.5) is 0 Å². The van der Waals surface area contributed by atoms with E-state index >= 15 is 0 Å². The van der Waals surface area contributed by atoms with Crippen molar-refractivity contribution in [3.63, 3.8) is 0 Å². The van der Waals surface area contributed by atoms with Crippen LogP contribution in [0.5, 0.6) is 0 Å².